The fraction of sp³-hybridized carbons (Fsp3) is 0.273. The van der Waals surface area contributed by atoms with Crippen molar-refractivity contribution in [1.29, 1.82) is 0 Å². The molecule has 0 atom stereocenters. The summed E-state index contributed by atoms with van der Waals surface area (Å²) in [6.45, 7) is 1.79. The first-order valence-corrected chi connectivity index (χ1v) is 4.80. The van der Waals surface area contributed by atoms with Crippen LogP contribution in [0.25, 0.3) is 0 Å². The third kappa shape index (κ3) is 1.60. The van der Waals surface area contributed by atoms with Gasteiger partial charge < -0.3 is 9.15 Å². The Labute approximate surface area is 92.6 Å². The van der Waals surface area contributed by atoms with E-state index in [4.69, 9.17) is 9.15 Å². The number of carbonyl (C=O) groups excluding carboxylic acids is 1. The third-order valence-electron chi connectivity index (χ3n) is 2.30. The minimum absolute atomic E-state index is 0.232. The first-order valence-electron chi connectivity index (χ1n) is 4.80. The second kappa shape index (κ2) is 3.84. The predicted octanol–water partition coefficient (Wildman–Crippen LogP) is 1.56. The lowest BCUT2D eigenvalue weighted by Gasteiger charge is -2.01. The second-order valence-corrected chi connectivity index (χ2v) is 3.42. The van der Waals surface area contributed by atoms with Crippen molar-refractivity contribution in [2.45, 2.75) is 6.92 Å². The number of carbonyl (C=O) groups is 1. The van der Waals surface area contributed by atoms with Gasteiger partial charge in [0.2, 0.25) is 5.78 Å². The molecule has 5 heteroatoms. The molecule has 0 unspecified atom stereocenters. The van der Waals surface area contributed by atoms with Crippen LogP contribution in [0.3, 0.4) is 0 Å². The molecule has 0 aromatic carbocycles. The third-order valence-corrected chi connectivity index (χ3v) is 2.30. The monoisotopic (exact) mass is 220 g/mol. The van der Waals surface area contributed by atoms with Crippen LogP contribution in [0.15, 0.2) is 22.7 Å². The van der Waals surface area contributed by atoms with Gasteiger partial charge in [-0.1, -0.05) is 0 Å². The van der Waals surface area contributed by atoms with E-state index in [0.717, 1.165) is 0 Å². The van der Waals surface area contributed by atoms with Gasteiger partial charge in [0, 0.05) is 7.05 Å². The van der Waals surface area contributed by atoms with Crippen LogP contribution in [0.2, 0.25) is 0 Å². The molecule has 16 heavy (non-hydrogen) atoms. The van der Waals surface area contributed by atoms with E-state index in [-0.39, 0.29) is 5.78 Å². The predicted molar refractivity (Wildman–Crippen MR) is 56.6 cm³/mol. The van der Waals surface area contributed by atoms with E-state index in [0.29, 0.717) is 23.0 Å². The van der Waals surface area contributed by atoms with E-state index in [2.05, 4.69) is 5.10 Å². The van der Waals surface area contributed by atoms with Gasteiger partial charge in [0.05, 0.1) is 13.3 Å². The summed E-state index contributed by atoms with van der Waals surface area (Å²) in [4.78, 5) is 12.1. The molecule has 84 valence electrons. The molecule has 0 aliphatic heterocycles. The number of rotatable bonds is 3. The number of hydrogen-bond donors (Lipinski definition) is 0. The first kappa shape index (κ1) is 10.5. The van der Waals surface area contributed by atoms with Crippen LogP contribution >= 0.6 is 0 Å². The Morgan fingerprint density at radius 2 is 2.25 bits per heavy atom. The molecule has 0 saturated carbocycles. The lowest BCUT2D eigenvalue weighted by Crippen LogP contribution is -2.08. The molecule has 0 fully saturated rings. The second-order valence-electron chi connectivity index (χ2n) is 3.42. The van der Waals surface area contributed by atoms with Gasteiger partial charge in [0.25, 0.3) is 0 Å². The molecule has 0 N–H and O–H groups in total. The summed E-state index contributed by atoms with van der Waals surface area (Å²) in [6, 6.07) is 3.39. The van der Waals surface area contributed by atoms with E-state index in [1.165, 1.54) is 18.0 Å². The van der Waals surface area contributed by atoms with E-state index < -0.39 is 0 Å². The first-order chi connectivity index (χ1) is 7.63. The molecule has 0 aliphatic carbocycles. The normalized spacial score (nSPS) is 10.4. The zero-order valence-corrected chi connectivity index (χ0v) is 9.35. The molecule has 0 radical (unpaired) electrons. The fourth-order valence-corrected chi connectivity index (χ4v) is 1.50. The molecule has 0 amide bonds. The maximum absolute atomic E-state index is 12.1. The van der Waals surface area contributed by atoms with Crippen LogP contribution < -0.4 is 4.74 Å². The van der Waals surface area contributed by atoms with Crippen LogP contribution in [0.5, 0.6) is 5.75 Å². The molecule has 0 saturated heterocycles. The Kier molecular flexibility index (Phi) is 2.52. The number of ketones is 1. The van der Waals surface area contributed by atoms with E-state index in [1.807, 2.05) is 0 Å². The van der Waals surface area contributed by atoms with Crippen molar-refractivity contribution in [3.8, 4) is 5.75 Å². The largest absolute Gasteiger partial charge is 0.493 e. The maximum atomic E-state index is 12.1. The maximum Gasteiger partial charge on any atom is 0.249 e. The Morgan fingerprint density at radius 1 is 1.50 bits per heavy atom. The molecule has 2 rings (SSSR count). The van der Waals surface area contributed by atoms with Crippen LogP contribution in [-0.2, 0) is 7.05 Å². The Balaban J connectivity index is 2.44. The van der Waals surface area contributed by atoms with E-state index in [9.17, 15) is 4.79 Å². The SMILES string of the molecule is COc1cnn(C)c1C(=O)c1ccc(C)o1. The van der Waals surface area contributed by atoms with Crippen molar-refractivity contribution >= 4 is 5.78 Å². The average molecular weight is 220 g/mol. The quantitative estimate of drug-likeness (QED) is 0.736. The average Bonchev–Trinajstić information content (AvgIpc) is 2.83. The Morgan fingerprint density at radius 3 is 2.81 bits per heavy atom. The van der Waals surface area contributed by atoms with E-state index >= 15 is 0 Å². The van der Waals surface area contributed by atoms with Gasteiger partial charge in [0.1, 0.15) is 5.76 Å². The fourth-order valence-electron chi connectivity index (χ4n) is 1.50. The van der Waals surface area contributed by atoms with Crippen LogP contribution in [0, 0.1) is 6.92 Å². The van der Waals surface area contributed by atoms with Crippen LogP contribution in [0.1, 0.15) is 22.0 Å². The molecule has 0 aliphatic rings. The topological polar surface area (TPSA) is 57.3 Å². The van der Waals surface area contributed by atoms with Gasteiger partial charge in [-0.2, -0.15) is 5.10 Å². The number of methoxy groups -OCH3 is 1. The highest BCUT2D eigenvalue weighted by atomic mass is 16.5. The van der Waals surface area contributed by atoms with Crippen LogP contribution in [-0.4, -0.2) is 22.7 Å². The van der Waals surface area contributed by atoms with Gasteiger partial charge in [-0.05, 0) is 19.1 Å². The van der Waals surface area contributed by atoms with Gasteiger partial charge >= 0.3 is 0 Å². The summed E-state index contributed by atoms with van der Waals surface area (Å²) in [6.07, 6.45) is 1.50. The summed E-state index contributed by atoms with van der Waals surface area (Å²) >= 11 is 0. The van der Waals surface area contributed by atoms with Crippen molar-refractivity contribution in [2.75, 3.05) is 7.11 Å². The molecule has 2 aromatic rings. The standard InChI is InChI=1S/C11H12N2O3/c1-7-4-5-8(16-7)11(14)10-9(15-3)6-12-13(10)2/h4-6H,1-3H3. The summed E-state index contributed by atoms with van der Waals surface area (Å²) in [5, 5.41) is 3.97. The zero-order chi connectivity index (χ0) is 11.7. The van der Waals surface area contributed by atoms with Crippen LogP contribution in [0.4, 0.5) is 0 Å². The summed E-state index contributed by atoms with van der Waals surface area (Å²) < 4.78 is 11.8. The molecule has 2 aromatic heterocycles. The highest BCUT2D eigenvalue weighted by Gasteiger charge is 2.21. The number of nitrogens with zero attached hydrogens (tertiary/aromatic N) is 2. The minimum atomic E-state index is -0.232. The molecule has 0 bridgehead atoms. The number of aryl methyl sites for hydroxylation is 2. The number of ether oxygens (including phenoxy) is 1. The summed E-state index contributed by atoms with van der Waals surface area (Å²) in [5.74, 6) is 1.20. The molecular formula is C11H12N2O3. The number of furan rings is 1. The Hall–Kier alpha value is -2.04. The molecular weight excluding hydrogens is 208 g/mol. The molecule has 2 heterocycles. The smallest absolute Gasteiger partial charge is 0.249 e. The van der Waals surface area contributed by atoms with Crippen molar-refractivity contribution in [1.82, 2.24) is 9.78 Å². The van der Waals surface area contributed by atoms with Crippen molar-refractivity contribution in [2.24, 2.45) is 7.05 Å². The molecule has 5 nitrogen and oxygen atoms in total. The van der Waals surface area contributed by atoms with Gasteiger partial charge in [-0.25, -0.2) is 0 Å². The van der Waals surface area contributed by atoms with Crippen molar-refractivity contribution in [3.05, 3.63) is 35.5 Å². The highest BCUT2D eigenvalue weighted by molar-refractivity contribution is 6.07. The van der Waals surface area contributed by atoms with E-state index in [1.54, 1.807) is 26.1 Å². The van der Waals surface area contributed by atoms with Gasteiger partial charge in [-0.3, -0.25) is 9.48 Å². The lowest BCUT2D eigenvalue weighted by atomic mass is 10.2. The lowest BCUT2D eigenvalue weighted by molar-refractivity contribution is 0.0996. The van der Waals surface area contributed by atoms with Crippen molar-refractivity contribution in [3.63, 3.8) is 0 Å². The summed E-state index contributed by atoms with van der Waals surface area (Å²) in [5.41, 5.74) is 0.386. The highest BCUT2D eigenvalue weighted by Crippen LogP contribution is 2.21. The van der Waals surface area contributed by atoms with Gasteiger partial charge in [0.15, 0.2) is 17.2 Å². The minimum Gasteiger partial charge on any atom is -0.493 e. The number of hydrogen-bond acceptors (Lipinski definition) is 4. The Bertz CT molecular complexity index is 525. The van der Waals surface area contributed by atoms with Crippen molar-refractivity contribution < 1.29 is 13.9 Å². The zero-order valence-electron chi connectivity index (χ0n) is 9.35. The number of aromatic nitrogens is 2. The van der Waals surface area contributed by atoms with Gasteiger partial charge in [-0.15, -0.1) is 0 Å². The molecule has 0 spiro atoms. The summed E-state index contributed by atoms with van der Waals surface area (Å²) in [7, 11) is 3.19.